The molecule has 0 rings (SSSR count). The molecule has 16 heavy (non-hydrogen) atoms. The van der Waals surface area contributed by atoms with E-state index in [2.05, 4.69) is 24.4 Å². The largest absolute Gasteiger partial charge is 0.481 e. The van der Waals surface area contributed by atoms with Gasteiger partial charge in [-0.15, -0.1) is 0 Å². The lowest BCUT2D eigenvalue weighted by Gasteiger charge is -2.09. The molecular formula is C12H24N2O2. The molecule has 0 heterocycles. The van der Waals surface area contributed by atoms with Crippen LogP contribution in [0.5, 0.6) is 0 Å². The lowest BCUT2D eigenvalue weighted by molar-refractivity contribution is -0.137. The Balaban J connectivity index is 3.73. The molecule has 0 amide bonds. The van der Waals surface area contributed by atoms with Gasteiger partial charge in [0, 0.05) is 18.7 Å². The van der Waals surface area contributed by atoms with Gasteiger partial charge in [-0.25, -0.2) is 0 Å². The fourth-order valence-electron chi connectivity index (χ4n) is 1.46. The monoisotopic (exact) mass is 228 g/mol. The molecule has 0 aliphatic heterocycles. The molecule has 0 spiro atoms. The zero-order valence-electron chi connectivity index (χ0n) is 10.8. The zero-order valence-corrected chi connectivity index (χ0v) is 10.8. The molecule has 0 bridgehead atoms. The van der Waals surface area contributed by atoms with Gasteiger partial charge in [0.1, 0.15) is 0 Å². The van der Waals surface area contributed by atoms with E-state index in [1.165, 1.54) is 0 Å². The molecule has 4 heteroatoms. The number of carbonyl (C=O) groups is 1. The van der Waals surface area contributed by atoms with E-state index in [1.54, 1.807) is 0 Å². The van der Waals surface area contributed by atoms with Crippen molar-refractivity contribution in [2.75, 3.05) is 6.54 Å². The lowest BCUT2D eigenvalue weighted by atomic mass is 10.0. The first-order chi connectivity index (χ1) is 7.41. The van der Waals surface area contributed by atoms with Crippen LogP contribution in [0.4, 0.5) is 0 Å². The summed E-state index contributed by atoms with van der Waals surface area (Å²) >= 11 is 0. The van der Waals surface area contributed by atoms with Crippen molar-refractivity contribution in [3.63, 3.8) is 0 Å². The van der Waals surface area contributed by atoms with Gasteiger partial charge in [-0.05, 0) is 31.6 Å². The van der Waals surface area contributed by atoms with Gasteiger partial charge in [-0.2, -0.15) is 5.10 Å². The smallest absolute Gasteiger partial charge is 0.303 e. The molecule has 0 saturated heterocycles. The van der Waals surface area contributed by atoms with Crippen LogP contribution in [0.1, 0.15) is 47.0 Å². The van der Waals surface area contributed by atoms with Crippen molar-refractivity contribution in [1.29, 1.82) is 0 Å². The highest BCUT2D eigenvalue weighted by molar-refractivity contribution is 5.82. The Morgan fingerprint density at radius 3 is 2.44 bits per heavy atom. The van der Waals surface area contributed by atoms with Crippen LogP contribution in [-0.4, -0.2) is 23.3 Å². The van der Waals surface area contributed by atoms with Crippen LogP contribution in [0, 0.1) is 11.8 Å². The maximum Gasteiger partial charge on any atom is 0.303 e. The molecule has 0 saturated carbocycles. The van der Waals surface area contributed by atoms with Crippen LogP contribution in [0.15, 0.2) is 5.10 Å². The zero-order chi connectivity index (χ0) is 12.6. The number of carboxylic acids is 1. The molecule has 2 N–H and O–H groups in total. The Morgan fingerprint density at radius 2 is 1.94 bits per heavy atom. The first-order valence-corrected chi connectivity index (χ1v) is 5.89. The fraction of sp³-hybridized carbons (Fsp3) is 0.833. The first-order valence-electron chi connectivity index (χ1n) is 5.89. The predicted octanol–water partition coefficient (Wildman–Crippen LogP) is 2.50. The highest BCUT2D eigenvalue weighted by Gasteiger charge is 2.08. The number of aliphatic carboxylic acids is 1. The Kier molecular flexibility index (Phi) is 7.60. The summed E-state index contributed by atoms with van der Waals surface area (Å²) in [5, 5.41) is 12.8. The van der Waals surface area contributed by atoms with Crippen LogP contribution in [0.3, 0.4) is 0 Å². The lowest BCUT2D eigenvalue weighted by Crippen LogP contribution is -2.14. The number of hydrogen-bond acceptors (Lipinski definition) is 3. The molecule has 0 aliphatic carbocycles. The Morgan fingerprint density at radius 1 is 1.31 bits per heavy atom. The summed E-state index contributed by atoms with van der Waals surface area (Å²) in [6, 6.07) is 0. The summed E-state index contributed by atoms with van der Waals surface area (Å²) in [5.74, 6) is 0.0788. The molecule has 1 unspecified atom stereocenters. The first kappa shape index (κ1) is 14.9. The van der Waals surface area contributed by atoms with Crippen molar-refractivity contribution in [1.82, 2.24) is 5.43 Å². The van der Waals surface area contributed by atoms with Crippen LogP contribution in [0.2, 0.25) is 0 Å². The summed E-state index contributed by atoms with van der Waals surface area (Å²) in [6.07, 6.45) is 2.04. The number of hydrogen-bond donors (Lipinski definition) is 2. The molecule has 0 aromatic heterocycles. The number of nitrogens with zero attached hydrogens (tertiary/aromatic N) is 1. The minimum Gasteiger partial charge on any atom is -0.481 e. The van der Waals surface area contributed by atoms with Crippen molar-refractivity contribution < 1.29 is 9.90 Å². The van der Waals surface area contributed by atoms with E-state index in [0.717, 1.165) is 25.1 Å². The van der Waals surface area contributed by atoms with Crippen LogP contribution >= 0.6 is 0 Å². The predicted molar refractivity (Wildman–Crippen MR) is 66.6 cm³/mol. The highest BCUT2D eigenvalue weighted by atomic mass is 16.4. The van der Waals surface area contributed by atoms with E-state index in [1.807, 2.05) is 13.8 Å². The van der Waals surface area contributed by atoms with Gasteiger partial charge in [0.05, 0.1) is 0 Å². The van der Waals surface area contributed by atoms with Crippen molar-refractivity contribution in [3.05, 3.63) is 0 Å². The van der Waals surface area contributed by atoms with Crippen molar-refractivity contribution in [3.8, 4) is 0 Å². The minimum absolute atomic E-state index is 0.146. The van der Waals surface area contributed by atoms with Crippen LogP contribution < -0.4 is 5.43 Å². The normalized spacial score (nSPS) is 13.9. The van der Waals surface area contributed by atoms with Gasteiger partial charge in [-0.1, -0.05) is 20.8 Å². The third-order valence-electron chi connectivity index (χ3n) is 2.27. The standard InChI is InChI=1S/C12H24N2O2/c1-9(2)5-6-13-14-11(4)7-10(3)8-12(15)16/h9-10,13H,5-8H2,1-4H3,(H,15,16). The summed E-state index contributed by atoms with van der Waals surface area (Å²) in [6.45, 7) is 9.09. The van der Waals surface area contributed by atoms with E-state index < -0.39 is 5.97 Å². The van der Waals surface area contributed by atoms with Gasteiger partial charge in [0.25, 0.3) is 0 Å². The van der Waals surface area contributed by atoms with E-state index in [4.69, 9.17) is 5.11 Å². The van der Waals surface area contributed by atoms with Crippen LogP contribution in [-0.2, 0) is 4.79 Å². The molecule has 0 radical (unpaired) electrons. The second-order valence-corrected chi connectivity index (χ2v) is 4.84. The number of carboxylic acid groups (broad SMARTS) is 1. The maximum atomic E-state index is 10.5. The van der Waals surface area contributed by atoms with Gasteiger partial charge < -0.3 is 10.5 Å². The van der Waals surface area contributed by atoms with Crippen LogP contribution in [0.25, 0.3) is 0 Å². The van der Waals surface area contributed by atoms with E-state index >= 15 is 0 Å². The summed E-state index contributed by atoms with van der Waals surface area (Å²) in [4.78, 5) is 10.5. The fourth-order valence-corrected chi connectivity index (χ4v) is 1.46. The summed E-state index contributed by atoms with van der Waals surface area (Å²) < 4.78 is 0. The van der Waals surface area contributed by atoms with Crippen molar-refractivity contribution in [2.45, 2.75) is 47.0 Å². The minimum atomic E-state index is -0.743. The second kappa shape index (κ2) is 8.13. The average molecular weight is 228 g/mol. The van der Waals surface area contributed by atoms with E-state index in [0.29, 0.717) is 5.92 Å². The summed E-state index contributed by atoms with van der Waals surface area (Å²) in [5.41, 5.74) is 3.99. The number of rotatable bonds is 8. The Labute approximate surface area is 98.1 Å². The number of hydrazone groups is 1. The quantitative estimate of drug-likeness (QED) is 0.381. The van der Waals surface area contributed by atoms with Gasteiger partial charge >= 0.3 is 5.97 Å². The average Bonchev–Trinajstić information content (AvgIpc) is 2.10. The Hall–Kier alpha value is -1.06. The molecule has 4 nitrogen and oxygen atoms in total. The van der Waals surface area contributed by atoms with Crippen molar-refractivity contribution in [2.24, 2.45) is 16.9 Å². The molecule has 94 valence electrons. The Bertz CT molecular complexity index is 237. The second-order valence-electron chi connectivity index (χ2n) is 4.84. The maximum absolute atomic E-state index is 10.5. The van der Waals surface area contributed by atoms with Gasteiger partial charge in [-0.3, -0.25) is 4.79 Å². The highest BCUT2D eigenvalue weighted by Crippen LogP contribution is 2.08. The van der Waals surface area contributed by atoms with E-state index in [-0.39, 0.29) is 12.3 Å². The van der Waals surface area contributed by atoms with Crippen molar-refractivity contribution >= 4 is 11.7 Å². The molecule has 0 aromatic rings. The van der Waals surface area contributed by atoms with Gasteiger partial charge in [0.15, 0.2) is 0 Å². The molecule has 0 fully saturated rings. The molecule has 1 atom stereocenters. The third-order valence-corrected chi connectivity index (χ3v) is 2.27. The molecular weight excluding hydrogens is 204 g/mol. The molecule has 0 aromatic carbocycles. The number of nitrogens with one attached hydrogen (secondary N) is 1. The van der Waals surface area contributed by atoms with E-state index in [9.17, 15) is 4.79 Å². The third kappa shape index (κ3) is 9.49. The summed E-state index contributed by atoms with van der Waals surface area (Å²) in [7, 11) is 0. The van der Waals surface area contributed by atoms with Gasteiger partial charge in [0.2, 0.25) is 0 Å². The topological polar surface area (TPSA) is 61.7 Å². The SMILES string of the molecule is CC(CC(C)CC(=O)O)=NNCCC(C)C. The molecule has 0 aliphatic rings.